The highest BCUT2D eigenvalue weighted by molar-refractivity contribution is 5.58. The number of anilines is 1. The molecule has 30 heavy (non-hydrogen) atoms. The zero-order chi connectivity index (χ0) is 20.8. The second-order valence-corrected chi connectivity index (χ2v) is 8.41. The first-order valence-electron chi connectivity index (χ1n) is 11.4. The van der Waals surface area contributed by atoms with Crippen LogP contribution in [0.4, 0.5) is 5.69 Å². The van der Waals surface area contributed by atoms with E-state index in [2.05, 4.69) is 41.3 Å². The lowest BCUT2D eigenvalue weighted by atomic mass is 9.89. The molecule has 4 rings (SSSR count). The van der Waals surface area contributed by atoms with Gasteiger partial charge in [0.1, 0.15) is 18.4 Å². The maximum Gasteiger partial charge on any atom is 0.142 e. The van der Waals surface area contributed by atoms with Gasteiger partial charge >= 0.3 is 0 Å². The third-order valence-corrected chi connectivity index (χ3v) is 6.30. The molecule has 1 aliphatic carbocycles. The smallest absolute Gasteiger partial charge is 0.142 e. The van der Waals surface area contributed by atoms with Gasteiger partial charge in [0.05, 0.1) is 51.2 Å². The van der Waals surface area contributed by atoms with E-state index in [1.165, 1.54) is 21.7 Å². The van der Waals surface area contributed by atoms with Crippen LogP contribution in [0.5, 0.6) is 5.75 Å². The highest BCUT2D eigenvalue weighted by Crippen LogP contribution is 2.32. The van der Waals surface area contributed by atoms with E-state index in [4.69, 9.17) is 9.47 Å². The van der Waals surface area contributed by atoms with Gasteiger partial charge in [-0.25, -0.2) is 0 Å². The summed E-state index contributed by atoms with van der Waals surface area (Å²) in [5.41, 5.74) is 3.89. The molecule has 162 valence electrons. The fraction of sp³-hybridized carbons (Fsp3) is 0.520. The third-order valence-electron chi connectivity index (χ3n) is 6.30. The Labute approximate surface area is 180 Å². The van der Waals surface area contributed by atoms with Gasteiger partial charge in [-0.3, -0.25) is 0 Å². The summed E-state index contributed by atoms with van der Waals surface area (Å²) in [6.07, 6.45) is 3.06. The molecule has 2 aliphatic rings. The number of nitrogens with zero attached hydrogens (tertiary/aromatic N) is 1. The van der Waals surface area contributed by atoms with Crippen molar-refractivity contribution in [1.29, 1.82) is 0 Å². The molecular weight excluding hydrogens is 376 g/mol. The lowest BCUT2D eigenvalue weighted by Crippen LogP contribution is -3.16. The number of rotatable bonds is 8. The largest absolute Gasteiger partial charge is 0.492 e. The molecule has 1 heterocycles. The van der Waals surface area contributed by atoms with E-state index in [0.717, 1.165) is 57.7 Å². The average Bonchev–Trinajstić information content (AvgIpc) is 2.79. The molecular formula is C25H35N2O3+. The topological polar surface area (TPSA) is 46.4 Å². The van der Waals surface area contributed by atoms with Gasteiger partial charge in [-0.05, 0) is 49.4 Å². The minimum atomic E-state index is -0.420. The van der Waals surface area contributed by atoms with Gasteiger partial charge in [0.15, 0.2) is 0 Å². The number of para-hydroxylation sites is 2. The van der Waals surface area contributed by atoms with E-state index in [1.54, 1.807) is 0 Å². The van der Waals surface area contributed by atoms with Gasteiger partial charge in [-0.1, -0.05) is 36.4 Å². The first kappa shape index (κ1) is 21.2. The summed E-state index contributed by atoms with van der Waals surface area (Å²) in [6.45, 7) is 7.85. The Balaban J connectivity index is 1.24. The van der Waals surface area contributed by atoms with Crippen molar-refractivity contribution in [2.75, 3.05) is 50.8 Å². The first-order chi connectivity index (χ1) is 14.7. The van der Waals surface area contributed by atoms with E-state index in [1.807, 2.05) is 19.1 Å². The second kappa shape index (κ2) is 10.3. The quantitative estimate of drug-likeness (QED) is 0.700. The van der Waals surface area contributed by atoms with E-state index in [9.17, 15) is 5.11 Å². The average molecular weight is 412 g/mol. The van der Waals surface area contributed by atoms with Crippen molar-refractivity contribution in [2.45, 2.75) is 38.4 Å². The van der Waals surface area contributed by atoms with Crippen molar-refractivity contribution >= 4 is 5.69 Å². The van der Waals surface area contributed by atoms with Crippen LogP contribution in [0.3, 0.4) is 0 Å². The fourth-order valence-electron chi connectivity index (χ4n) is 4.77. The molecule has 0 radical (unpaired) electrons. The summed E-state index contributed by atoms with van der Waals surface area (Å²) in [5, 5.41) is 10.6. The van der Waals surface area contributed by atoms with E-state index < -0.39 is 6.10 Å². The minimum absolute atomic E-state index is 0.131. The van der Waals surface area contributed by atoms with Crippen molar-refractivity contribution < 1.29 is 19.5 Å². The number of benzene rings is 2. The van der Waals surface area contributed by atoms with Gasteiger partial charge in [0.25, 0.3) is 0 Å². The summed E-state index contributed by atoms with van der Waals surface area (Å²) in [4.78, 5) is 3.84. The van der Waals surface area contributed by atoms with Crippen LogP contribution in [0, 0.1) is 0 Å². The fourth-order valence-corrected chi connectivity index (χ4v) is 4.77. The van der Waals surface area contributed by atoms with Crippen LogP contribution in [-0.2, 0) is 11.2 Å². The zero-order valence-electron chi connectivity index (χ0n) is 18.1. The minimum Gasteiger partial charge on any atom is -0.492 e. The summed E-state index contributed by atoms with van der Waals surface area (Å²) < 4.78 is 11.9. The number of ether oxygens (including phenoxy) is 2. The van der Waals surface area contributed by atoms with Gasteiger partial charge < -0.3 is 24.4 Å². The molecule has 0 amide bonds. The number of hydrogen-bond donors (Lipinski definition) is 2. The van der Waals surface area contributed by atoms with Gasteiger partial charge in [-0.2, -0.15) is 0 Å². The van der Waals surface area contributed by atoms with Gasteiger partial charge in [-0.15, -0.1) is 0 Å². The molecule has 0 aromatic heterocycles. The number of aliphatic hydroxyl groups excluding tert-OH is 1. The van der Waals surface area contributed by atoms with E-state index in [-0.39, 0.29) is 6.10 Å². The Hall–Kier alpha value is -2.08. The summed E-state index contributed by atoms with van der Waals surface area (Å²) in [7, 11) is 0. The molecule has 5 nitrogen and oxygen atoms in total. The molecule has 2 aromatic carbocycles. The number of nitrogens with one attached hydrogen (secondary N) is 1. The zero-order valence-corrected chi connectivity index (χ0v) is 18.1. The van der Waals surface area contributed by atoms with Crippen molar-refractivity contribution in [3.05, 3.63) is 59.7 Å². The van der Waals surface area contributed by atoms with Crippen LogP contribution in [-0.4, -0.2) is 57.1 Å². The van der Waals surface area contributed by atoms with E-state index >= 15 is 0 Å². The molecule has 1 fully saturated rings. The monoisotopic (exact) mass is 411 g/mol. The summed E-state index contributed by atoms with van der Waals surface area (Å²) in [6, 6.07) is 16.8. The molecule has 0 unspecified atom stereocenters. The molecule has 1 saturated heterocycles. The number of aryl methyl sites for hydroxylation is 1. The predicted octanol–water partition coefficient (Wildman–Crippen LogP) is 2.25. The van der Waals surface area contributed by atoms with E-state index in [0.29, 0.717) is 13.2 Å². The van der Waals surface area contributed by atoms with Crippen molar-refractivity contribution in [3.8, 4) is 5.75 Å². The van der Waals surface area contributed by atoms with Gasteiger partial charge in [0.2, 0.25) is 0 Å². The molecule has 0 spiro atoms. The SMILES string of the molecule is CCOc1ccccc1N1CC[NH+](C[C@@H](O)CO[C@@H]2CCCc3ccccc32)CC1. The Bertz CT molecular complexity index is 804. The van der Waals surface area contributed by atoms with Crippen LogP contribution in [0.15, 0.2) is 48.5 Å². The molecule has 2 N–H and O–H groups in total. The number of fused-ring (bicyclic) bond motifs is 1. The van der Waals surface area contributed by atoms with Gasteiger partial charge in [0, 0.05) is 0 Å². The Morgan fingerprint density at radius 3 is 2.70 bits per heavy atom. The molecule has 2 atom stereocenters. The first-order valence-corrected chi connectivity index (χ1v) is 11.4. The number of quaternary nitrogens is 1. The Morgan fingerprint density at radius 1 is 1.10 bits per heavy atom. The Morgan fingerprint density at radius 2 is 1.87 bits per heavy atom. The van der Waals surface area contributed by atoms with Crippen LogP contribution in [0.1, 0.15) is 37.0 Å². The number of aliphatic hydroxyl groups is 1. The standard InChI is InChI=1S/C25H34N2O3/c1-2-29-25-12-6-5-11-23(25)27-16-14-26(15-17-27)18-21(28)19-30-24-13-7-9-20-8-3-4-10-22(20)24/h3-6,8,10-12,21,24,28H,2,7,9,13-19H2,1H3/p+1/t21-,24-/m1/s1. The molecule has 0 saturated carbocycles. The molecule has 1 aliphatic heterocycles. The normalized spacial score (nSPS) is 20.6. The third kappa shape index (κ3) is 5.15. The predicted molar refractivity (Wildman–Crippen MR) is 119 cm³/mol. The molecule has 5 heteroatoms. The molecule has 0 bridgehead atoms. The molecule has 2 aromatic rings. The number of hydrogen-bond acceptors (Lipinski definition) is 4. The highest BCUT2D eigenvalue weighted by Gasteiger charge is 2.26. The van der Waals surface area contributed by atoms with Crippen LogP contribution >= 0.6 is 0 Å². The summed E-state index contributed by atoms with van der Waals surface area (Å²) in [5.74, 6) is 0.963. The number of piperazine rings is 1. The van der Waals surface area contributed by atoms with Crippen LogP contribution in [0.2, 0.25) is 0 Å². The summed E-state index contributed by atoms with van der Waals surface area (Å²) >= 11 is 0. The lowest BCUT2D eigenvalue weighted by Gasteiger charge is -2.35. The highest BCUT2D eigenvalue weighted by atomic mass is 16.5. The maximum absolute atomic E-state index is 10.6. The van der Waals surface area contributed by atoms with Crippen molar-refractivity contribution in [2.24, 2.45) is 0 Å². The maximum atomic E-state index is 10.6. The van der Waals surface area contributed by atoms with Crippen LogP contribution < -0.4 is 14.5 Å². The van der Waals surface area contributed by atoms with Crippen molar-refractivity contribution in [1.82, 2.24) is 0 Å². The lowest BCUT2D eigenvalue weighted by molar-refractivity contribution is -0.903. The Kier molecular flexibility index (Phi) is 7.26. The van der Waals surface area contributed by atoms with Crippen molar-refractivity contribution in [3.63, 3.8) is 0 Å². The van der Waals surface area contributed by atoms with Crippen LogP contribution in [0.25, 0.3) is 0 Å². The second-order valence-electron chi connectivity index (χ2n) is 8.41.